The molecule has 0 aromatic carbocycles. The zero-order valence-electron chi connectivity index (χ0n) is 11.2. The molecule has 2 aliphatic rings. The molecule has 2 aliphatic carbocycles. The van der Waals surface area contributed by atoms with Crippen LogP contribution in [0.15, 0.2) is 0 Å². The zero-order valence-corrected chi connectivity index (χ0v) is 11.2. The first-order valence-electron chi connectivity index (χ1n) is 7.30. The van der Waals surface area contributed by atoms with Crippen LogP contribution in [0.4, 0.5) is 0 Å². The highest BCUT2D eigenvalue weighted by molar-refractivity contribution is 4.90. The van der Waals surface area contributed by atoms with Gasteiger partial charge in [-0.15, -0.1) is 5.10 Å². The Labute approximate surface area is 108 Å². The first-order valence-corrected chi connectivity index (χ1v) is 7.30. The Morgan fingerprint density at radius 3 is 2.78 bits per heavy atom. The number of nitrogens with zero attached hydrogens (tertiary/aromatic N) is 4. The summed E-state index contributed by atoms with van der Waals surface area (Å²) in [5, 5.41) is 15.7. The molecule has 0 unspecified atom stereocenters. The maximum atomic E-state index is 4.19. The Hall–Kier alpha value is -0.970. The van der Waals surface area contributed by atoms with E-state index in [1.54, 1.807) is 0 Å². The van der Waals surface area contributed by atoms with Gasteiger partial charge >= 0.3 is 0 Å². The van der Waals surface area contributed by atoms with Gasteiger partial charge in [0.05, 0.1) is 13.1 Å². The fourth-order valence-electron chi connectivity index (χ4n) is 3.06. The highest BCUT2D eigenvalue weighted by atomic mass is 15.5. The molecule has 5 heteroatoms. The lowest BCUT2D eigenvalue weighted by Crippen LogP contribution is -2.27. The minimum atomic E-state index is 0.448. The molecule has 0 atom stereocenters. The smallest absolute Gasteiger partial charge is 0.165 e. The van der Waals surface area contributed by atoms with Crippen molar-refractivity contribution in [1.82, 2.24) is 25.5 Å². The van der Waals surface area contributed by atoms with Crippen LogP contribution in [-0.4, -0.2) is 26.2 Å². The molecular weight excluding hydrogens is 226 g/mol. The minimum absolute atomic E-state index is 0.448. The van der Waals surface area contributed by atoms with Crippen LogP contribution >= 0.6 is 0 Å². The van der Waals surface area contributed by atoms with Crippen molar-refractivity contribution in [2.45, 2.75) is 71.0 Å². The van der Waals surface area contributed by atoms with E-state index >= 15 is 0 Å². The van der Waals surface area contributed by atoms with Crippen molar-refractivity contribution in [3.63, 3.8) is 0 Å². The summed E-state index contributed by atoms with van der Waals surface area (Å²) in [5.74, 6) is 1.00. The lowest BCUT2D eigenvalue weighted by Gasteiger charge is -2.27. The van der Waals surface area contributed by atoms with E-state index in [9.17, 15) is 0 Å². The standard InChI is InChI=1S/C13H23N5/c1-2-13(7-3-4-8-13)10-18-12(15-16-17-18)9-14-11-5-6-11/h11,14H,2-10H2,1H3. The van der Waals surface area contributed by atoms with Crippen LogP contribution in [0.25, 0.3) is 0 Å². The highest BCUT2D eigenvalue weighted by Crippen LogP contribution is 2.42. The molecule has 0 bridgehead atoms. The lowest BCUT2D eigenvalue weighted by molar-refractivity contribution is 0.221. The Kier molecular flexibility index (Phi) is 3.33. The van der Waals surface area contributed by atoms with Crippen LogP contribution in [0.2, 0.25) is 0 Å². The highest BCUT2D eigenvalue weighted by Gasteiger charge is 2.33. The molecule has 0 spiro atoms. The molecule has 2 fully saturated rings. The largest absolute Gasteiger partial charge is 0.307 e. The van der Waals surface area contributed by atoms with Gasteiger partial charge in [-0.2, -0.15) is 0 Å². The van der Waals surface area contributed by atoms with Gasteiger partial charge in [0.25, 0.3) is 0 Å². The van der Waals surface area contributed by atoms with Crippen molar-refractivity contribution in [3.8, 4) is 0 Å². The summed E-state index contributed by atoms with van der Waals surface area (Å²) in [6, 6.07) is 0.710. The molecule has 3 rings (SSSR count). The fraction of sp³-hybridized carbons (Fsp3) is 0.923. The molecule has 0 amide bonds. The average molecular weight is 249 g/mol. The number of nitrogens with one attached hydrogen (secondary N) is 1. The minimum Gasteiger partial charge on any atom is -0.307 e. The predicted molar refractivity (Wildman–Crippen MR) is 68.9 cm³/mol. The second-order valence-electron chi connectivity index (χ2n) is 5.97. The van der Waals surface area contributed by atoms with Crippen LogP contribution < -0.4 is 5.32 Å². The molecule has 1 aromatic heterocycles. The summed E-state index contributed by atoms with van der Waals surface area (Å²) in [5.41, 5.74) is 0.448. The van der Waals surface area contributed by atoms with Crippen molar-refractivity contribution in [2.24, 2.45) is 5.41 Å². The second-order valence-corrected chi connectivity index (χ2v) is 5.97. The van der Waals surface area contributed by atoms with Crippen LogP contribution in [-0.2, 0) is 13.1 Å². The van der Waals surface area contributed by atoms with Gasteiger partial charge in [0.2, 0.25) is 0 Å². The van der Waals surface area contributed by atoms with Crippen molar-refractivity contribution in [3.05, 3.63) is 5.82 Å². The Bertz CT molecular complexity index is 390. The van der Waals surface area contributed by atoms with Gasteiger partial charge in [-0.1, -0.05) is 19.8 Å². The normalized spacial score (nSPS) is 22.5. The lowest BCUT2D eigenvalue weighted by atomic mass is 9.83. The van der Waals surface area contributed by atoms with Crippen molar-refractivity contribution in [2.75, 3.05) is 0 Å². The number of tetrazole rings is 1. The topological polar surface area (TPSA) is 55.6 Å². The molecule has 1 heterocycles. The van der Waals surface area contributed by atoms with Crippen molar-refractivity contribution in [1.29, 1.82) is 0 Å². The van der Waals surface area contributed by atoms with Gasteiger partial charge in [0.1, 0.15) is 0 Å². The number of rotatable bonds is 6. The quantitative estimate of drug-likeness (QED) is 0.836. The van der Waals surface area contributed by atoms with Crippen molar-refractivity contribution < 1.29 is 0 Å². The molecule has 5 nitrogen and oxygen atoms in total. The first-order chi connectivity index (χ1) is 8.81. The molecule has 1 N–H and O–H groups in total. The summed E-state index contributed by atoms with van der Waals surface area (Å²) in [6.45, 7) is 4.12. The summed E-state index contributed by atoms with van der Waals surface area (Å²) in [7, 11) is 0. The van der Waals surface area contributed by atoms with E-state index in [4.69, 9.17) is 0 Å². The number of hydrogen-bond acceptors (Lipinski definition) is 4. The van der Waals surface area contributed by atoms with Crippen LogP contribution in [0.5, 0.6) is 0 Å². The Balaban J connectivity index is 1.65. The Morgan fingerprint density at radius 1 is 1.33 bits per heavy atom. The van der Waals surface area contributed by atoms with E-state index in [2.05, 4.69) is 27.8 Å². The molecule has 2 saturated carbocycles. The molecule has 0 saturated heterocycles. The second kappa shape index (κ2) is 4.96. The van der Waals surface area contributed by atoms with Crippen LogP contribution in [0.3, 0.4) is 0 Å². The zero-order chi connectivity index (χ0) is 12.4. The van der Waals surface area contributed by atoms with Gasteiger partial charge in [-0.3, -0.25) is 0 Å². The van der Waals surface area contributed by atoms with E-state index in [-0.39, 0.29) is 0 Å². The number of aromatic nitrogens is 4. The third-order valence-electron chi connectivity index (χ3n) is 4.63. The SMILES string of the molecule is CCC1(Cn2nnnc2CNC2CC2)CCCC1. The van der Waals surface area contributed by atoms with E-state index < -0.39 is 0 Å². The third kappa shape index (κ3) is 2.55. The van der Waals surface area contributed by atoms with E-state index in [1.807, 2.05) is 4.68 Å². The van der Waals surface area contributed by atoms with E-state index in [0.29, 0.717) is 11.5 Å². The monoisotopic (exact) mass is 249 g/mol. The summed E-state index contributed by atoms with van der Waals surface area (Å²) >= 11 is 0. The molecule has 0 aliphatic heterocycles. The first kappa shape index (κ1) is 12.1. The average Bonchev–Trinajstić information content (AvgIpc) is 2.93. The molecule has 1 aromatic rings. The molecule has 0 radical (unpaired) electrons. The van der Waals surface area contributed by atoms with Gasteiger partial charge in [0, 0.05) is 6.04 Å². The Morgan fingerprint density at radius 2 is 2.11 bits per heavy atom. The van der Waals surface area contributed by atoms with Crippen molar-refractivity contribution >= 4 is 0 Å². The summed E-state index contributed by atoms with van der Waals surface area (Å²) in [4.78, 5) is 0. The molecule has 100 valence electrons. The van der Waals surface area contributed by atoms with Crippen LogP contribution in [0, 0.1) is 5.41 Å². The summed E-state index contributed by atoms with van der Waals surface area (Å²) < 4.78 is 2.03. The molecule has 18 heavy (non-hydrogen) atoms. The van der Waals surface area contributed by atoms with Gasteiger partial charge in [-0.05, 0) is 47.9 Å². The molecular formula is C13H23N5. The number of hydrogen-bond donors (Lipinski definition) is 1. The fourth-order valence-corrected chi connectivity index (χ4v) is 3.06. The maximum Gasteiger partial charge on any atom is 0.165 e. The van der Waals surface area contributed by atoms with Gasteiger partial charge < -0.3 is 5.32 Å². The van der Waals surface area contributed by atoms with E-state index in [1.165, 1.54) is 44.9 Å². The predicted octanol–water partition coefficient (Wildman–Crippen LogP) is 1.90. The third-order valence-corrected chi connectivity index (χ3v) is 4.63. The van der Waals surface area contributed by atoms with Crippen LogP contribution in [0.1, 0.15) is 57.7 Å². The van der Waals surface area contributed by atoms with Gasteiger partial charge in [0.15, 0.2) is 5.82 Å². The van der Waals surface area contributed by atoms with Gasteiger partial charge in [-0.25, -0.2) is 4.68 Å². The van der Waals surface area contributed by atoms with E-state index in [0.717, 1.165) is 18.9 Å². The summed E-state index contributed by atoms with van der Waals surface area (Å²) in [6.07, 6.45) is 9.25. The maximum absolute atomic E-state index is 4.19.